The Morgan fingerprint density at radius 3 is 2.57 bits per heavy atom. The highest BCUT2D eigenvalue weighted by Gasteiger charge is 2.12. The minimum atomic E-state index is -1.19. The number of hydrogen-bond donors (Lipinski definition) is 0. The normalized spacial score (nSPS) is 15.6. The van der Waals surface area contributed by atoms with E-state index in [-0.39, 0.29) is 8.15 Å². The summed E-state index contributed by atoms with van der Waals surface area (Å²) in [6.07, 6.45) is 4.76. The van der Waals surface area contributed by atoms with Crippen LogP contribution in [-0.2, 0) is 13.6 Å². The van der Waals surface area contributed by atoms with Gasteiger partial charge in [-0.1, -0.05) is 33.1 Å². The zero-order chi connectivity index (χ0) is 10.8. The van der Waals surface area contributed by atoms with Crippen LogP contribution in [0.5, 0.6) is 0 Å². The van der Waals surface area contributed by atoms with Crippen LogP contribution in [0.1, 0.15) is 39.5 Å². The molecule has 3 nitrogen and oxygen atoms in total. The van der Waals surface area contributed by atoms with E-state index in [1.54, 1.807) is 0 Å². The largest absolute Gasteiger partial charge is 0.329 e. The molecule has 0 aromatic rings. The molecule has 0 aliphatic heterocycles. The molecule has 0 aromatic heterocycles. The first-order valence-electron chi connectivity index (χ1n) is 5.08. The van der Waals surface area contributed by atoms with Crippen molar-refractivity contribution in [1.82, 2.24) is 0 Å². The predicted octanol–water partition coefficient (Wildman–Crippen LogP) is 4.38. The van der Waals surface area contributed by atoms with E-state index in [2.05, 4.69) is 13.8 Å². The quantitative estimate of drug-likeness (QED) is 0.559. The minimum absolute atomic E-state index is 0.0304. The van der Waals surface area contributed by atoms with Crippen molar-refractivity contribution >= 4 is 16.2 Å². The molecule has 0 radical (unpaired) electrons. The van der Waals surface area contributed by atoms with Crippen LogP contribution in [0.15, 0.2) is 0 Å². The van der Waals surface area contributed by atoms with Crippen LogP contribution in [0.25, 0.3) is 0 Å². The molecule has 84 valence electrons. The molecule has 14 heavy (non-hydrogen) atoms. The zero-order valence-corrected chi connectivity index (χ0v) is 11.0. The summed E-state index contributed by atoms with van der Waals surface area (Å²) in [6.45, 7) is 5.02. The van der Waals surface area contributed by atoms with Crippen LogP contribution in [0, 0.1) is 5.92 Å². The van der Waals surface area contributed by atoms with E-state index >= 15 is 0 Å². The molecular weight excluding hydrogens is 218 g/mol. The molecule has 0 rings (SSSR count). The third kappa shape index (κ3) is 6.84. The van der Waals surface area contributed by atoms with E-state index in [4.69, 9.17) is 9.05 Å². The first kappa shape index (κ1) is 14.5. The van der Waals surface area contributed by atoms with E-state index in [0.717, 1.165) is 6.42 Å². The molecule has 2 atom stereocenters. The van der Waals surface area contributed by atoms with Gasteiger partial charge in [0.25, 0.3) is 8.06 Å². The molecule has 0 saturated heterocycles. The maximum Gasteiger partial charge on any atom is 0.272 e. The van der Waals surface area contributed by atoms with Crippen LogP contribution in [0.2, 0.25) is 0 Å². The third-order valence-electron chi connectivity index (χ3n) is 2.19. The van der Waals surface area contributed by atoms with E-state index in [0.29, 0.717) is 12.5 Å². The van der Waals surface area contributed by atoms with Gasteiger partial charge in [0.2, 0.25) is 8.15 Å². The van der Waals surface area contributed by atoms with Gasteiger partial charge in [-0.2, -0.15) is 0 Å². The Balaban J connectivity index is 3.64. The molecule has 0 fully saturated rings. The van der Waals surface area contributed by atoms with Gasteiger partial charge in [0.15, 0.2) is 0 Å². The lowest BCUT2D eigenvalue weighted by Crippen LogP contribution is -2.06. The van der Waals surface area contributed by atoms with Crippen molar-refractivity contribution in [3.05, 3.63) is 0 Å². The predicted molar refractivity (Wildman–Crippen MR) is 60.8 cm³/mol. The molecule has 0 N–H and O–H groups in total. The summed E-state index contributed by atoms with van der Waals surface area (Å²) in [5, 5.41) is 0. The van der Waals surface area contributed by atoms with Gasteiger partial charge in [0, 0.05) is 7.11 Å². The summed E-state index contributed by atoms with van der Waals surface area (Å²) in [5.41, 5.74) is 0. The highest BCUT2D eigenvalue weighted by Crippen LogP contribution is 2.50. The average Bonchev–Trinajstić information content (AvgIpc) is 2.23. The zero-order valence-electron chi connectivity index (χ0n) is 9.23. The second-order valence-electron chi connectivity index (χ2n) is 3.21. The summed E-state index contributed by atoms with van der Waals surface area (Å²) in [5.74, 6) is 0.580. The van der Waals surface area contributed by atoms with Crippen molar-refractivity contribution in [3.8, 4) is 0 Å². The van der Waals surface area contributed by atoms with Gasteiger partial charge in [0.05, 0.1) is 6.61 Å². The number of hydrogen-bond acceptors (Lipinski definition) is 3. The van der Waals surface area contributed by atoms with Crippen molar-refractivity contribution in [2.45, 2.75) is 39.5 Å². The Hall–Kier alpha value is 0.450. The van der Waals surface area contributed by atoms with Gasteiger partial charge in [-0.15, -0.1) is 0 Å². The Morgan fingerprint density at radius 1 is 1.43 bits per heavy atom. The van der Waals surface area contributed by atoms with Crippen LogP contribution in [0.3, 0.4) is 0 Å². The highest BCUT2D eigenvalue weighted by molar-refractivity contribution is 8.11. The Morgan fingerprint density at radius 2 is 2.14 bits per heavy atom. The van der Waals surface area contributed by atoms with Crippen LogP contribution in [0.4, 0.5) is 0 Å². The molecule has 5 heteroatoms. The van der Waals surface area contributed by atoms with E-state index in [9.17, 15) is 4.57 Å². The summed E-state index contributed by atoms with van der Waals surface area (Å²) >= 11 is 0. The molecular formula is C9H20O3P2. The van der Waals surface area contributed by atoms with Crippen molar-refractivity contribution in [3.63, 3.8) is 0 Å². The van der Waals surface area contributed by atoms with Gasteiger partial charge in [-0.05, 0) is 12.3 Å². The fraction of sp³-hybridized carbons (Fsp3) is 1.00. The van der Waals surface area contributed by atoms with Crippen LogP contribution >= 0.6 is 16.2 Å². The van der Waals surface area contributed by atoms with Gasteiger partial charge in [-0.25, -0.2) is 0 Å². The van der Waals surface area contributed by atoms with E-state index in [1.807, 2.05) is 0 Å². The number of unbranched alkanes of at least 4 members (excludes halogenated alkanes) is 1. The highest BCUT2D eigenvalue weighted by atomic mass is 32.1. The average molecular weight is 238 g/mol. The van der Waals surface area contributed by atoms with Gasteiger partial charge >= 0.3 is 0 Å². The Kier molecular flexibility index (Phi) is 10.3. The maximum absolute atomic E-state index is 10.5. The summed E-state index contributed by atoms with van der Waals surface area (Å²) in [4.78, 5) is 0. The van der Waals surface area contributed by atoms with Crippen LogP contribution in [-0.4, -0.2) is 13.7 Å². The van der Waals surface area contributed by atoms with Gasteiger partial charge < -0.3 is 9.05 Å². The minimum Gasteiger partial charge on any atom is -0.329 e. The maximum atomic E-state index is 10.5. The standard InChI is InChI=1S/C9H20O3P2/c1-4-6-7-9(5-2)8-12-14(11-3)13-10/h9H,4-8H2,1-3H3. The smallest absolute Gasteiger partial charge is 0.272 e. The second-order valence-corrected chi connectivity index (χ2v) is 5.95. The fourth-order valence-electron chi connectivity index (χ4n) is 1.18. The summed E-state index contributed by atoms with van der Waals surface area (Å²) in [7, 11) is 0.308. The molecule has 0 aliphatic rings. The molecule has 0 aromatic carbocycles. The SMILES string of the molecule is CCCCC(CC)COP(OC)P=O. The first-order chi connectivity index (χ1) is 6.78. The van der Waals surface area contributed by atoms with Crippen molar-refractivity contribution < 1.29 is 13.6 Å². The van der Waals surface area contributed by atoms with Gasteiger partial charge in [-0.3, -0.25) is 4.57 Å². The van der Waals surface area contributed by atoms with E-state index < -0.39 is 8.06 Å². The van der Waals surface area contributed by atoms with Crippen molar-refractivity contribution in [2.75, 3.05) is 13.7 Å². The summed E-state index contributed by atoms with van der Waals surface area (Å²) < 4.78 is 20.9. The third-order valence-corrected chi connectivity index (χ3v) is 4.24. The monoisotopic (exact) mass is 238 g/mol. The van der Waals surface area contributed by atoms with E-state index in [1.165, 1.54) is 26.4 Å². The molecule has 0 amide bonds. The lowest BCUT2D eigenvalue weighted by Gasteiger charge is -2.15. The van der Waals surface area contributed by atoms with Crippen LogP contribution < -0.4 is 0 Å². The Bertz CT molecular complexity index is 144. The van der Waals surface area contributed by atoms with Crippen molar-refractivity contribution in [1.29, 1.82) is 0 Å². The summed E-state index contributed by atoms with van der Waals surface area (Å²) in [6, 6.07) is 0. The van der Waals surface area contributed by atoms with Gasteiger partial charge in [0.1, 0.15) is 0 Å². The molecule has 0 aliphatic carbocycles. The lowest BCUT2D eigenvalue weighted by molar-refractivity contribution is 0.228. The number of rotatable bonds is 9. The first-order valence-corrected chi connectivity index (χ1v) is 7.78. The molecule has 0 spiro atoms. The lowest BCUT2D eigenvalue weighted by atomic mass is 10.0. The molecule has 0 saturated carbocycles. The Labute approximate surface area is 89.6 Å². The fourth-order valence-corrected chi connectivity index (χ4v) is 2.28. The molecule has 0 bridgehead atoms. The van der Waals surface area contributed by atoms with Crippen molar-refractivity contribution in [2.24, 2.45) is 5.92 Å². The molecule has 2 unspecified atom stereocenters. The molecule has 0 heterocycles. The second kappa shape index (κ2) is 9.98. The topological polar surface area (TPSA) is 35.5 Å².